The number of aliphatic hydroxyl groups is 1. The number of nitrogens with zero attached hydrogens (tertiary/aromatic N) is 1. The Morgan fingerprint density at radius 1 is 1.27 bits per heavy atom. The summed E-state index contributed by atoms with van der Waals surface area (Å²) in [6.45, 7) is 1.71. The predicted octanol–water partition coefficient (Wildman–Crippen LogP) is 3.32. The molecular weight excluding hydrogens is 294 g/mol. The zero-order valence-electron chi connectivity index (χ0n) is 13.0. The molecule has 4 heteroatoms. The van der Waals surface area contributed by atoms with Crippen molar-refractivity contribution in [2.24, 2.45) is 5.92 Å². The summed E-state index contributed by atoms with van der Waals surface area (Å²) < 4.78 is 0. The third-order valence-corrected chi connectivity index (χ3v) is 6.13. The van der Waals surface area contributed by atoms with Gasteiger partial charge in [0.2, 0.25) is 5.91 Å². The van der Waals surface area contributed by atoms with Gasteiger partial charge in [0.25, 0.3) is 0 Å². The third kappa shape index (κ3) is 4.05. The molecule has 0 bridgehead atoms. The SMILES string of the molecule is O=C(CC1(O)CCCC1)N1CCC(CSc2ccccc2)C1. The van der Waals surface area contributed by atoms with Crippen LogP contribution in [0.4, 0.5) is 0 Å². The van der Waals surface area contributed by atoms with Crippen LogP contribution in [-0.2, 0) is 4.79 Å². The average molecular weight is 319 g/mol. The number of carbonyl (C=O) groups excluding carboxylic acids is 1. The van der Waals surface area contributed by atoms with Crippen LogP contribution in [0.2, 0.25) is 0 Å². The van der Waals surface area contributed by atoms with E-state index in [-0.39, 0.29) is 5.91 Å². The minimum atomic E-state index is -0.714. The van der Waals surface area contributed by atoms with Crippen LogP contribution in [0.15, 0.2) is 35.2 Å². The Labute approximate surface area is 137 Å². The molecule has 1 aliphatic heterocycles. The van der Waals surface area contributed by atoms with Crippen molar-refractivity contribution in [3.05, 3.63) is 30.3 Å². The van der Waals surface area contributed by atoms with Gasteiger partial charge in [0.15, 0.2) is 0 Å². The average Bonchev–Trinajstić information content (AvgIpc) is 3.15. The van der Waals surface area contributed by atoms with Crippen molar-refractivity contribution in [3.63, 3.8) is 0 Å². The van der Waals surface area contributed by atoms with Gasteiger partial charge in [-0.15, -0.1) is 11.8 Å². The van der Waals surface area contributed by atoms with E-state index in [2.05, 4.69) is 24.3 Å². The highest BCUT2D eigenvalue weighted by molar-refractivity contribution is 7.99. The molecule has 0 radical (unpaired) electrons. The molecule has 1 saturated carbocycles. The van der Waals surface area contributed by atoms with Crippen molar-refractivity contribution in [2.75, 3.05) is 18.8 Å². The van der Waals surface area contributed by atoms with Crippen molar-refractivity contribution < 1.29 is 9.90 Å². The van der Waals surface area contributed by atoms with Crippen LogP contribution in [0, 0.1) is 5.92 Å². The Morgan fingerprint density at radius 2 is 2.00 bits per heavy atom. The van der Waals surface area contributed by atoms with Crippen LogP contribution in [0.25, 0.3) is 0 Å². The molecule has 0 aromatic heterocycles. The first-order chi connectivity index (χ1) is 10.6. The van der Waals surface area contributed by atoms with Crippen LogP contribution >= 0.6 is 11.8 Å². The molecule has 1 heterocycles. The second-order valence-corrected chi connectivity index (χ2v) is 7.82. The van der Waals surface area contributed by atoms with Crippen LogP contribution in [0.3, 0.4) is 0 Å². The largest absolute Gasteiger partial charge is 0.389 e. The van der Waals surface area contributed by atoms with E-state index in [9.17, 15) is 9.90 Å². The first kappa shape index (κ1) is 15.9. The highest BCUT2D eigenvalue weighted by Crippen LogP contribution is 2.34. The molecule has 1 N–H and O–H groups in total. The normalized spacial score (nSPS) is 23.9. The van der Waals surface area contributed by atoms with Crippen molar-refractivity contribution in [1.29, 1.82) is 0 Å². The summed E-state index contributed by atoms with van der Waals surface area (Å²) in [6, 6.07) is 10.4. The Bertz CT molecular complexity index is 499. The third-order valence-electron chi connectivity index (χ3n) is 4.88. The number of hydrogen-bond acceptors (Lipinski definition) is 3. The highest BCUT2D eigenvalue weighted by atomic mass is 32.2. The van der Waals surface area contributed by atoms with Gasteiger partial charge < -0.3 is 10.0 Å². The lowest BCUT2D eigenvalue weighted by Gasteiger charge is -2.25. The van der Waals surface area contributed by atoms with Gasteiger partial charge in [-0.2, -0.15) is 0 Å². The second-order valence-electron chi connectivity index (χ2n) is 6.73. The Hall–Kier alpha value is -1.00. The minimum absolute atomic E-state index is 0.150. The highest BCUT2D eigenvalue weighted by Gasteiger charge is 2.36. The van der Waals surface area contributed by atoms with Gasteiger partial charge in [-0.3, -0.25) is 4.79 Å². The van der Waals surface area contributed by atoms with E-state index in [0.717, 1.165) is 50.9 Å². The summed E-state index contributed by atoms with van der Waals surface area (Å²) >= 11 is 1.88. The van der Waals surface area contributed by atoms with Crippen molar-refractivity contribution in [3.8, 4) is 0 Å². The number of rotatable bonds is 5. The number of carbonyl (C=O) groups is 1. The summed E-state index contributed by atoms with van der Waals surface area (Å²) in [4.78, 5) is 15.6. The molecule has 1 aromatic carbocycles. The van der Waals surface area contributed by atoms with E-state index in [1.165, 1.54) is 4.90 Å². The molecule has 1 aromatic rings. The molecule has 0 spiro atoms. The fourth-order valence-electron chi connectivity index (χ4n) is 3.53. The van der Waals surface area contributed by atoms with Crippen LogP contribution in [-0.4, -0.2) is 40.4 Å². The molecule has 1 saturated heterocycles. The fraction of sp³-hybridized carbons (Fsp3) is 0.611. The zero-order valence-corrected chi connectivity index (χ0v) is 13.9. The maximum absolute atomic E-state index is 12.4. The molecule has 1 unspecified atom stereocenters. The summed E-state index contributed by atoms with van der Waals surface area (Å²) in [7, 11) is 0. The molecule has 1 aliphatic carbocycles. The fourth-order valence-corrected chi connectivity index (χ4v) is 4.58. The Kier molecular flexibility index (Phi) is 5.09. The van der Waals surface area contributed by atoms with Crippen LogP contribution < -0.4 is 0 Å². The van der Waals surface area contributed by atoms with Gasteiger partial charge in [0.05, 0.1) is 12.0 Å². The standard InChI is InChI=1S/C18H25NO2S/c20-17(12-18(21)9-4-5-10-18)19-11-8-15(13-19)14-22-16-6-2-1-3-7-16/h1-3,6-7,15,21H,4-5,8-14H2. The molecule has 2 aliphatic rings. The molecule has 3 nitrogen and oxygen atoms in total. The number of amides is 1. The van der Waals surface area contributed by atoms with Crippen molar-refractivity contribution in [1.82, 2.24) is 4.90 Å². The zero-order chi connectivity index (χ0) is 15.4. The lowest BCUT2D eigenvalue weighted by Crippen LogP contribution is -2.37. The predicted molar refractivity (Wildman–Crippen MR) is 89.9 cm³/mol. The topological polar surface area (TPSA) is 40.5 Å². The van der Waals surface area contributed by atoms with Gasteiger partial charge >= 0.3 is 0 Å². The number of likely N-dealkylation sites (tertiary alicyclic amines) is 1. The second kappa shape index (κ2) is 7.05. The van der Waals surface area contributed by atoms with E-state index >= 15 is 0 Å². The van der Waals surface area contributed by atoms with E-state index in [1.807, 2.05) is 22.7 Å². The van der Waals surface area contributed by atoms with Crippen molar-refractivity contribution >= 4 is 17.7 Å². The molecular formula is C18H25NO2S. The van der Waals surface area contributed by atoms with Gasteiger partial charge in [0.1, 0.15) is 0 Å². The molecule has 22 heavy (non-hydrogen) atoms. The Balaban J connectivity index is 1.44. The van der Waals surface area contributed by atoms with E-state index in [0.29, 0.717) is 12.3 Å². The molecule has 2 fully saturated rings. The maximum Gasteiger partial charge on any atom is 0.225 e. The summed E-state index contributed by atoms with van der Waals surface area (Å²) in [5.41, 5.74) is -0.714. The molecule has 1 amide bonds. The number of hydrogen-bond donors (Lipinski definition) is 1. The first-order valence-corrected chi connectivity index (χ1v) is 9.31. The molecule has 120 valence electrons. The van der Waals surface area contributed by atoms with Crippen molar-refractivity contribution in [2.45, 2.75) is 49.0 Å². The summed E-state index contributed by atoms with van der Waals surface area (Å²) in [5, 5.41) is 10.4. The van der Waals surface area contributed by atoms with E-state index in [1.54, 1.807) is 0 Å². The maximum atomic E-state index is 12.4. The first-order valence-electron chi connectivity index (χ1n) is 8.33. The summed E-state index contributed by atoms with van der Waals surface area (Å²) in [6.07, 6.45) is 5.11. The lowest BCUT2D eigenvalue weighted by molar-refractivity contribution is -0.135. The minimum Gasteiger partial charge on any atom is -0.389 e. The van der Waals surface area contributed by atoms with E-state index < -0.39 is 5.60 Å². The monoisotopic (exact) mass is 319 g/mol. The van der Waals surface area contributed by atoms with Gasteiger partial charge in [0, 0.05) is 23.7 Å². The Morgan fingerprint density at radius 3 is 2.73 bits per heavy atom. The quantitative estimate of drug-likeness (QED) is 0.846. The van der Waals surface area contributed by atoms with Gasteiger partial charge in [-0.05, 0) is 37.3 Å². The van der Waals surface area contributed by atoms with E-state index in [4.69, 9.17) is 0 Å². The smallest absolute Gasteiger partial charge is 0.225 e. The number of benzene rings is 1. The number of thioether (sulfide) groups is 1. The van der Waals surface area contributed by atoms with Crippen LogP contribution in [0.1, 0.15) is 38.5 Å². The van der Waals surface area contributed by atoms with Crippen LogP contribution in [0.5, 0.6) is 0 Å². The summed E-state index contributed by atoms with van der Waals surface area (Å²) in [5.74, 6) is 1.79. The van der Waals surface area contributed by atoms with Gasteiger partial charge in [-0.1, -0.05) is 31.0 Å². The van der Waals surface area contributed by atoms with Gasteiger partial charge in [-0.25, -0.2) is 0 Å². The lowest BCUT2D eigenvalue weighted by atomic mass is 9.97. The molecule has 3 rings (SSSR count). The molecule has 1 atom stereocenters.